The lowest BCUT2D eigenvalue weighted by molar-refractivity contribution is 0.132. The Labute approximate surface area is 91.0 Å². The standard InChI is InChI=1S/C10H21N3O2/c14-10-4-2-1-3-5-12-6-8-13(11-15)9-7-12/h14H,1-10H2. The van der Waals surface area contributed by atoms with Crippen molar-refractivity contribution in [1.29, 1.82) is 0 Å². The first-order valence-corrected chi connectivity index (χ1v) is 5.78. The van der Waals surface area contributed by atoms with Crippen molar-refractivity contribution in [3.8, 4) is 0 Å². The van der Waals surface area contributed by atoms with Gasteiger partial charge in [-0.1, -0.05) is 12.8 Å². The second kappa shape index (κ2) is 7.59. The zero-order chi connectivity index (χ0) is 10.9. The van der Waals surface area contributed by atoms with Crippen LogP contribution in [0.2, 0.25) is 0 Å². The molecule has 5 nitrogen and oxygen atoms in total. The Kier molecular flexibility index (Phi) is 6.27. The largest absolute Gasteiger partial charge is 0.396 e. The number of unbranched alkanes of at least 4 members (excludes halogenated alkanes) is 3. The molecule has 1 heterocycles. The molecule has 0 radical (unpaired) electrons. The number of rotatable bonds is 7. The van der Waals surface area contributed by atoms with Crippen LogP contribution in [-0.4, -0.2) is 54.3 Å². The maximum Gasteiger partial charge on any atom is 0.0524 e. The molecular weight excluding hydrogens is 194 g/mol. The average Bonchev–Trinajstić information content (AvgIpc) is 2.30. The molecule has 0 aromatic carbocycles. The molecule has 1 fully saturated rings. The molecule has 1 saturated heterocycles. The molecule has 0 bridgehead atoms. The molecule has 88 valence electrons. The number of piperazine rings is 1. The summed E-state index contributed by atoms with van der Waals surface area (Å²) in [4.78, 5) is 12.6. The molecule has 0 aromatic heterocycles. The van der Waals surface area contributed by atoms with Crippen LogP contribution in [0.1, 0.15) is 25.7 Å². The third-order valence-corrected chi connectivity index (χ3v) is 2.85. The molecule has 0 spiro atoms. The van der Waals surface area contributed by atoms with Gasteiger partial charge in [0.1, 0.15) is 0 Å². The van der Waals surface area contributed by atoms with Gasteiger partial charge in [-0.05, 0) is 19.4 Å². The van der Waals surface area contributed by atoms with Crippen LogP contribution in [0.15, 0.2) is 5.29 Å². The lowest BCUT2D eigenvalue weighted by Crippen LogP contribution is -2.44. The Morgan fingerprint density at radius 3 is 2.27 bits per heavy atom. The second-order valence-corrected chi connectivity index (χ2v) is 4.01. The summed E-state index contributed by atoms with van der Waals surface area (Å²) < 4.78 is 0. The van der Waals surface area contributed by atoms with Crippen molar-refractivity contribution < 1.29 is 5.11 Å². The van der Waals surface area contributed by atoms with Gasteiger partial charge in [0, 0.05) is 19.7 Å². The summed E-state index contributed by atoms with van der Waals surface area (Å²) in [6, 6.07) is 0. The van der Waals surface area contributed by atoms with E-state index in [0.29, 0.717) is 6.61 Å². The fourth-order valence-corrected chi connectivity index (χ4v) is 1.84. The Morgan fingerprint density at radius 2 is 1.67 bits per heavy atom. The Bertz CT molecular complexity index is 170. The van der Waals surface area contributed by atoms with E-state index < -0.39 is 0 Å². The molecule has 0 atom stereocenters. The Balaban J connectivity index is 1.96. The van der Waals surface area contributed by atoms with Crippen LogP contribution in [0.3, 0.4) is 0 Å². The number of hydrogen-bond acceptors (Lipinski definition) is 4. The highest BCUT2D eigenvalue weighted by atomic mass is 16.3. The fraction of sp³-hybridized carbons (Fsp3) is 1.00. The van der Waals surface area contributed by atoms with E-state index in [1.165, 1.54) is 12.8 Å². The van der Waals surface area contributed by atoms with Gasteiger partial charge < -0.3 is 5.11 Å². The van der Waals surface area contributed by atoms with E-state index in [9.17, 15) is 4.91 Å². The highest BCUT2D eigenvalue weighted by Gasteiger charge is 2.15. The maximum absolute atomic E-state index is 10.2. The van der Waals surface area contributed by atoms with Gasteiger partial charge in [0.2, 0.25) is 0 Å². The van der Waals surface area contributed by atoms with Crippen LogP contribution < -0.4 is 0 Å². The van der Waals surface area contributed by atoms with Crippen molar-refractivity contribution in [3.05, 3.63) is 4.91 Å². The van der Waals surface area contributed by atoms with Crippen molar-refractivity contribution >= 4 is 0 Å². The molecule has 0 aliphatic carbocycles. The molecule has 5 heteroatoms. The Hall–Kier alpha value is -0.680. The Morgan fingerprint density at radius 1 is 1.00 bits per heavy atom. The molecule has 1 rings (SSSR count). The van der Waals surface area contributed by atoms with Gasteiger partial charge in [0.05, 0.1) is 18.4 Å². The molecule has 0 unspecified atom stereocenters. The molecule has 1 N–H and O–H groups in total. The predicted molar refractivity (Wildman–Crippen MR) is 59.4 cm³/mol. The normalized spacial score (nSPS) is 18.1. The number of aliphatic hydroxyl groups is 1. The van der Waals surface area contributed by atoms with Gasteiger partial charge in [-0.2, -0.15) is 0 Å². The van der Waals surface area contributed by atoms with Crippen molar-refractivity contribution in [2.24, 2.45) is 5.29 Å². The summed E-state index contributed by atoms with van der Waals surface area (Å²) in [5.74, 6) is 0. The van der Waals surface area contributed by atoms with Crippen LogP contribution in [0.25, 0.3) is 0 Å². The first-order chi connectivity index (χ1) is 7.36. The van der Waals surface area contributed by atoms with E-state index >= 15 is 0 Å². The minimum absolute atomic E-state index is 0.309. The molecule has 0 saturated carbocycles. The summed E-state index contributed by atoms with van der Waals surface area (Å²) in [7, 11) is 0. The van der Waals surface area contributed by atoms with Crippen molar-refractivity contribution in [1.82, 2.24) is 9.91 Å². The van der Waals surface area contributed by atoms with Crippen molar-refractivity contribution in [2.45, 2.75) is 25.7 Å². The highest BCUT2D eigenvalue weighted by Crippen LogP contribution is 2.05. The molecule has 0 amide bonds. The summed E-state index contributed by atoms with van der Waals surface area (Å²) >= 11 is 0. The number of nitroso groups, excluding NO2 is 1. The van der Waals surface area contributed by atoms with Crippen molar-refractivity contribution in [3.63, 3.8) is 0 Å². The van der Waals surface area contributed by atoms with E-state index in [4.69, 9.17) is 5.11 Å². The average molecular weight is 215 g/mol. The SMILES string of the molecule is O=NN1CCN(CCCCCCO)CC1. The van der Waals surface area contributed by atoms with Gasteiger partial charge in [-0.25, -0.2) is 0 Å². The molecular formula is C10H21N3O2. The van der Waals surface area contributed by atoms with Gasteiger partial charge >= 0.3 is 0 Å². The zero-order valence-corrected chi connectivity index (χ0v) is 9.27. The minimum Gasteiger partial charge on any atom is -0.396 e. The monoisotopic (exact) mass is 215 g/mol. The number of nitrogens with zero attached hydrogens (tertiary/aromatic N) is 3. The van der Waals surface area contributed by atoms with Crippen molar-refractivity contribution in [2.75, 3.05) is 39.3 Å². The van der Waals surface area contributed by atoms with E-state index in [1.54, 1.807) is 5.01 Å². The molecule has 1 aliphatic heterocycles. The summed E-state index contributed by atoms with van der Waals surface area (Å²) in [6.07, 6.45) is 4.41. The van der Waals surface area contributed by atoms with Crippen LogP contribution >= 0.6 is 0 Å². The summed E-state index contributed by atoms with van der Waals surface area (Å²) in [5, 5.41) is 13.1. The van der Waals surface area contributed by atoms with Crippen LogP contribution in [0.4, 0.5) is 0 Å². The number of hydrogen-bond donors (Lipinski definition) is 1. The smallest absolute Gasteiger partial charge is 0.0524 e. The first-order valence-electron chi connectivity index (χ1n) is 5.78. The van der Waals surface area contributed by atoms with E-state index in [2.05, 4.69) is 10.2 Å². The lowest BCUT2D eigenvalue weighted by atomic mass is 10.2. The van der Waals surface area contributed by atoms with Crippen LogP contribution in [0.5, 0.6) is 0 Å². The quantitative estimate of drug-likeness (QED) is 0.505. The van der Waals surface area contributed by atoms with Crippen LogP contribution in [0, 0.1) is 4.91 Å². The minimum atomic E-state index is 0.309. The zero-order valence-electron chi connectivity index (χ0n) is 9.27. The third kappa shape index (κ3) is 5.09. The topological polar surface area (TPSA) is 56.1 Å². The highest BCUT2D eigenvalue weighted by molar-refractivity contribution is 4.68. The summed E-state index contributed by atoms with van der Waals surface area (Å²) in [5.41, 5.74) is 0. The first kappa shape index (κ1) is 12.4. The lowest BCUT2D eigenvalue weighted by Gasteiger charge is -2.31. The second-order valence-electron chi connectivity index (χ2n) is 4.01. The van der Waals surface area contributed by atoms with E-state index in [0.717, 1.165) is 45.6 Å². The molecule has 1 aliphatic rings. The number of aliphatic hydroxyl groups excluding tert-OH is 1. The maximum atomic E-state index is 10.2. The third-order valence-electron chi connectivity index (χ3n) is 2.85. The van der Waals surface area contributed by atoms with E-state index in [1.807, 2.05) is 0 Å². The van der Waals surface area contributed by atoms with Gasteiger partial charge in [0.15, 0.2) is 0 Å². The van der Waals surface area contributed by atoms with Crippen LogP contribution in [-0.2, 0) is 0 Å². The summed E-state index contributed by atoms with van der Waals surface area (Å²) in [6.45, 7) is 4.85. The molecule has 0 aromatic rings. The molecule has 15 heavy (non-hydrogen) atoms. The fourth-order valence-electron chi connectivity index (χ4n) is 1.84. The van der Waals surface area contributed by atoms with E-state index in [-0.39, 0.29) is 0 Å². The van der Waals surface area contributed by atoms with Gasteiger partial charge in [-0.3, -0.25) is 9.91 Å². The predicted octanol–water partition coefficient (Wildman–Crippen LogP) is 0.838. The van der Waals surface area contributed by atoms with Gasteiger partial charge in [-0.15, -0.1) is 4.91 Å². The van der Waals surface area contributed by atoms with Gasteiger partial charge in [0.25, 0.3) is 0 Å².